The molecule has 4 nitrogen and oxygen atoms in total. The van der Waals surface area contributed by atoms with Crippen molar-refractivity contribution in [3.8, 4) is 0 Å². The molecule has 0 aromatic heterocycles. The largest absolute Gasteiger partial charge is 0.381 e. The van der Waals surface area contributed by atoms with Crippen LogP contribution in [0.15, 0.2) is 0 Å². The zero-order valence-electron chi connectivity index (χ0n) is 11.1. The fraction of sp³-hybridized carbons (Fsp3) is 1.00. The lowest BCUT2D eigenvalue weighted by molar-refractivity contribution is 0.164. The molecule has 0 aromatic carbocycles. The van der Waals surface area contributed by atoms with Gasteiger partial charge in [0.05, 0.1) is 6.73 Å². The first-order valence-electron chi connectivity index (χ1n) is 7.10. The molecule has 0 aliphatic carbocycles. The molecule has 0 bridgehead atoms. The molecule has 0 rings (SSSR count). The fourth-order valence-electron chi connectivity index (χ4n) is 1.95. The summed E-state index contributed by atoms with van der Waals surface area (Å²) >= 11 is 0. The molecule has 0 atom stereocenters. The van der Waals surface area contributed by atoms with E-state index in [1.807, 2.05) is 0 Å². The molecule has 0 aliphatic heterocycles. The van der Waals surface area contributed by atoms with Crippen LogP contribution >= 0.6 is 0 Å². The number of aliphatic hydroxyl groups excluding tert-OH is 1. The summed E-state index contributed by atoms with van der Waals surface area (Å²) in [6, 6.07) is 0. The Labute approximate surface area is 106 Å². The maximum absolute atomic E-state index is 8.51. The summed E-state index contributed by atoms with van der Waals surface area (Å²) < 4.78 is 0. The minimum absolute atomic E-state index is 0.103. The Kier molecular flexibility index (Phi) is 15.7. The lowest BCUT2D eigenvalue weighted by atomic mass is 10.1. The van der Waals surface area contributed by atoms with Crippen molar-refractivity contribution in [3.63, 3.8) is 0 Å². The normalized spacial score (nSPS) is 10.9. The molecule has 4 heteroatoms. The summed E-state index contributed by atoms with van der Waals surface area (Å²) in [6.45, 7) is 1.77. The standard InChI is InChI=1S/C13H30N2O2/c16-13-14-11-9-7-5-3-1-2-4-6-8-10-12-15-17/h14-17H,1-13H2. The molecule has 0 spiro atoms. The second-order valence-electron chi connectivity index (χ2n) is 4.60. The first kappa shape index (κ1) is 16.8. The van der Waals surface area contributed by atoms with Crippen molar-refractivity contribution in [3.05, 3.63) is 0 Å². The van der Waals surface area contributed by atoms with Crippen molar-refractivity contribution in [2.45, 2.75) is 64.2 Å². The summed E-state index contributed by atoms with van der Waals surface area (Å²) in [5, 5.41) is 19.8. The molecule has 0 saturated carbocycles. The first-order chi connectivity index (χ1) is 8.41. The molecule has 4 N–H and O–H groups in total. The van der Waals surface area contributed by atoms with Crippen LogP contribution in [0.2, 0.25) is 0 Å². The number of aliphatic hydroxyl groups is 1. The van der Waals surface area contributed by atoms with Gasteiger partial charge in [-0.3, -0.25) is 5.32 Å². The van der Waals surface area contributed by atoms with E-state index in [1.165, 1.54) is 57.8 Å². The van der Waals surface area contributed by atoms with Crippen molar-refractivity contribution < 1.29 is 10.3 Å². The highest BCUT2D eigenvalue weighted by molar-refractivity contribution is 4.49. The lowest BCUT2D eigenvalue weighted by Crippen LogP contribution is -2.15. The Bertz CT molecular complexity index is 121. The maximum Gasteiger partial charge on any atom is 0.0931 e. The van der Waals surface area contributed by atoms with Gasteiger partial charge in [0.1, 0.15) is 0 Å². The number of unbranched alkanes of at least 4 members (excludes halogenated alkanes) is 9. The number of rotatable bonds is 14. The molecule has 17 heavy (non-hydrogen) atoms. The van der Waals surface area contributed by atoms with Crippen molar-refractivity contribution in [2.75, 3.05) is 19.8 Å². The van der Waals surface area contributed by atoms with Gasteiger partial charge in [0.25, 0.3) is 0 Å². The van der Waals surface area contributed by atoms with Crippen molar-refractivity contribution in [2.24, 2.45) is 0 Å². The summed E-state index contributed by atoms with van der Waals surface area (Å²) in [7, 11) is 0. The highest BCUT2D eigenvalue weighted by Crippen LogP contribution is 2.10. The monoisotopic (exact) mass is 246 g/mol. The van der Waals surface area contributed by atoms with Gasteiger partial charge in [0.2, 0.25) is 0 Å². The minimum atomic E-state index is 0.103. The second-order valence-corrected chi connectivity index (χ2v) is 4.60. The van der Waals surface area contributed by atoms with E-state index in [9.17, 15) is 0 Å². The van der Waals surface area contributed by atoms with E-state index in [4.69, 9.17) is 10.3 Å². The first-order valence-corrected chi connectivity index (χ1v) is 7.10. The third-order valence-electron chi connectivity index (χ3n) is 3.00. The highest BCUT2D eigenvalue weighted by Gasteiger charge is 1.93. The number of hydrogen-bond acceptors (Lipinski definition) is 4. The summed E-state index contributed by atoms with van der Waals surface area (Å²) in [6.07, 6.45) is 12.7. The smallest absolute Gasteiger partial charge is 0.0931 e. The van der Waals surface area contributed by atoms with Gasteiger partial charge in [-0.05, 0) is 19.4 Å². The molecular formula is C13H30N2O2. The zero-order chi connectivity index (χ0) is 12.6. The van der Waals surface area contributed by atoms with Crippen LogP contribution in [0.3, 0.4) is 0 Å². The molecule has 104 valence electrons. The van der Waals surface area contributed by atoms with Crippen LogP contribution in [0.4, 0.5) is 0 Å². The van der Waals surface area contributed by atoms with Crippen molar-refractivity contribution >= 4 is 0 Å². The highest BCUT2D eigenvalue weighted by atomic mass is 16.5. The Morgan fingerprint density at radius 3 is 1.41 bits per heavy atom. The average Bonchev–Trinajstić information content (AvgIpc) is 2.35. The number of hydroxylamine groups is 1. The van der Waals surface area contributed by atoms with Gasteiger partial charge in [0.15, 0.2) is 0 Å². The molecule has 0 heterocycles. The zero-order valence-corrected chi connectivity index (χ0v) is 11.1. The summed E-state index contributed by atoms with van der Waals surface area (Å²) in [5.41, 5.74) is 2.19. The Morgan fingerprint density at radius 2 is 1.00 bits per heavy atom. The quantitative estimate of drug-likeness (QED) is 0.216. The molecule has 0 aromatic rings. The third kappa shape index (κ3) is 15.8. The minimum Gasteiger partial charge on any atom is -0.381 e. The molecule has 0 aliphatic rings. The van der Waals surface area contributed by atoms with Crippen LogP contribution in [0.25, 0.3) is 0 Å². The molecular weight excluding hydrogens is 216 g/mol. The van der Waals surface area contributed by atoms with Crippen LogP contribution < -0.4 is 10.8 Å². The van der Waals surface area contributed by atoms with Crippen LogP contribution in [0, 0.1) is 0 Å². The van der Waals surface area contributed by atoms with E-state index >= 15 is 0 Å². The Morgan fingerprint density at radius 1 is 0.588 bits per heavy atom. The van der Waals surface area contributed by atoms with E-state index in [2.05, 4.69) is 10.8 Å². The Balaban J connectivity index is 2.85. The van der Waals surface area contributed by atoms with Gasteiger partial charge in [-0.1, -0.05) is 51.4 Å². The summed E-state index contributed by atoms with van der Waals surface area (Å²) in [4.78, 5) is 0. The van der Waals surface area contributed by atoms with Crippen LogP contribution in [-0.4, -0.2) is 30.1 Å². The van der Waals surface area contributed by atoms with E-state index in [1.54, 1.807) is 0 Å². The van der Waals surface area contributed by atoms with Crippen molar-refractivity contribution in [1.82, 2.24) is 10.8 Å². The van der Waals surface area contributed by atoms with Gasteiger partial charge in [-0.25, -0.2) is 5.48 Å². The van der Waals surface area contributed by atoms with Crippen LogP contribution in [0.1, 0.15) is 64.2 Å². The number of nitrogens with one attached hydrogen (secondary N) is 2. The predicted octanol–water partition coefficient (Wildman–Crippen LogP) is 2.41. The van der Waals surface area contributed by atoms with E-state index in [0.29, 0.717) is 0 Å². The molecule has 0 fully saturated rings. The average molecular weight is 246 g/mol. The fourth-order valence-corrected chi connectivity index (χ4v) is 1.95. The number of hydrogen-bond donors (Lipinski definition) is 4. The lowest BCUT2D eigenvalue weighted by Gasteiger charge is -2.03. The molecule has 0 unspecified atom stereocenters. The van der Waals surface area contributed by atoms with Gasteiger partial charge >= 0.3 is 0 Å². The molecule has 0 saturated heterocycles. The second kappa shape index (κ2) is 15.8. The molecule has 0 radical (unpaired) electrons. The molecule has 0 amide bonds. The van der Waals surface area contributed by atoms with Gasteiger partial charge in [-0.2, -0.15) is 0 Å². The SMILES string of the molecule is OCNCCCCCCCCCCCCNO. The third-order valence-corrected chi connectivity index (χ3v) is 3.00. The van der Waals surface area contributed by atoms with E-state index in [-0.39, 0.29) is 6.73 Å². The Hall–Kier alpha value is -0.160. The van der Waals surface area contributed by atoms with Gasteiger partial charge in [-0.15, -0.1) is 0 Å². The van der Waals surface area contributed by atoms with E-state index in [0.717, 1.165) is 19.5 Å². The van der Waals surface area contributed by atoms with Gasteiger partial charge < -0.3 is 10.3 Å². The predicted molar refractivity (Wildman–Crippen MR) is 71.0 cm³/mol. The maximum atomic E-state index is 8.51. The van der Waals surface area contributed by atoms with Gasteiger partial charge in [0, 0.05) is 6.54 Å². The van der Waals surface area contributed by atoms with E-state index < -0.39 is 0 Å². The topological polar surface area (TPSA) is 64.5 Å². The summed E-state index contributed by atoms with van der Waals surface area (Å²) in [5.74, 6) is 0. The van der Waals surface area contributed by atoms with Crippen molar-refractivity contribution in [1.29, 1.82) is 0 Å². The van der Waals surface area contributed by atoms with Crippen LogP contribution in [-0.2, 0) is 0 Å². The van der Waals surface area contributed by atoms with Crippen LogP contribution in [0.5, 0.6) is 0 Å².